The predicted octanol–water partition coefficient (Wildman–Crippen LogP) is 1.28. The normalized spacial score (nSPS) is 15.0. The van der Waals surface area contributed by atoms with E-state index in [1.165, 1.54) is 20.3 Å². The molecule has 8 nitrogen and oxygen atoms in total. The molecule has 0 saturated heterocycles. The predicted molar refractivity (Wildman–Crippen MR) is 85.1 cm³/mol. The van der Waals surface area contributed by atoms with Crippen LogP contribution in [-0.4, -0.2) is 65.2 Å². The van der Waals surface area contributed by atoms with Crippen LogP contribution in [0.3, 0.4) is 0 Å². The molecule has 0 N–H and O–H groups in total. The van der Waals surface area contributed by atoms with Crippen LogP contribution in [0.25, 0.3) is 0 Å². The van der Waals surface area contributed by atoms with Crippen molar-refractivity contribution in [1.29, 1.82) is 0 Å². The molecule has 0 saturated carbocycles. The molecule has 0 heterocycles. The number of rotatable bonds is 13. The van der Waals surface area contributed by atoms with Crippen molar-refractivity contribution in [1.82, 2.24) is 0 Å². The number of hydrogen-bond donors (Lipinski definition) is 0. The molecule has 0 rings (SSSR count). The Morgan fingerprint density at radius 2 is 1.54 bits per heavy atom. The van der Waals surface area contributed by atoms with Gasteiger partial charge in [-0.3, -0.25) is 0 Å². The molecule has 0 fully saturated rings. The van der Waals surface area contributed by atoms with E-state index in [0.717, 1.165) is 0 Å². The second kappa shape index (κ2) is 13.9. The van der Waals surface area contributed by atoms with Crippen LogP contribution >= 0.6 is 0 Å². The number of hydrogen-bond acceptors (Lipinski definition) is 8. The first kappa shape index (κ1) is 22.5. The zero-order valence-electron chi connectivity index (χ0n) is 15.0. The summed E-state index contributed by atoms with van der Waals surface area (Å²) in [5, 5.41) is 0. The fraction of sp³-hybridized carbons (Fsp3) is 0.750. The molecule has 0 aliphatic rings. The molecule has 0 aliphatic heterocycles. The number of carbonyl (C=O) groups excluding carboxylic acids is 2. The third-order valence-electron chi connectivity index (χ3n) is 2.90. The van der Waals surface area contributed by atoms with Crippen LogP contribution in [0.1, 0.15) is 20.8 Å². The highest BCUT2D eigenvalue weighted by Gasteiger charge is 2.34. The maximum absolute atomic E-state index is 12.2. The van der Waals surface area contributed by atoms with Gasteiger partial charge in [0.2, 0.25) is 0 Å². The minimum Gasteiger partial charge on any atom is -0.464 e. The molecule has 140 valence electrons. The maximum atomic E-state index is 12.2. The van der Waals surface area contributed by atoms with Crippen molar-refractivity contribution < 1.29 is 38.0 Å². The summed E-state index contributed by atoms with van der Waals surface area (Å²) >= 11 is 0. The molecule has 0 amide bonds. The van der Waals surface area contributed by atoms with Crippen LogP contribution in [0.5, 0.6) is 0 Å². The zero-order chi connectivity index (χ0) is 18.4. The van der Waals surface area contributed by atoms with E-state index in [9.17, 15) is 9.59 Å². The lowest BCUT2D eigenvalue weighted by Crippen LogP contribution is -2.43. The number of methoxy groups -OCH3 is 2. The number of esters is 2. The van der Waals surface area contributed by atoms with Gasteiger partial charge >= 0.3 is 11.9 Å². The van der Waals surface area contributed by atoms with Crippen LogP contribution in [-0.2, 0) is 38.0 Å². The SMILES string of the molecule is CCOC(=O)/C=C/[C@H](C)[C@@H](OCOC)[C@H](OCOC)C(=O)OCC. The van der Waals surface area contributed by atoms with E-state index in [2.05, 4.69) is 0 Å². The van der Waals surface area contributed by atoms with E-state index in [-0.39, 0.29) is 32.7 Å². The summed E-state index contributed by atoms with van der Waals surface area (Å²) in [6.07, 6.45) is 1.11. The van der Waals surface area contributed by atoms with Gasteiger partial charge in [-0.25, -0.2) is 9.59 Å². The van der Waals surface area contributed by atoms with E-state index in [1.54, 1.807) is 26.8 Å². The Balaban J connectivity index is 5.17. The highest BCUT2D eigenvalue weighted by molar-refractivity contribution is 5.82. The molecule has 0 aromatic carbocycles. The topological polar surface area (TPSA) is 89.5 Å². The van der Waals surface area contributed by atoms with Gasteiger partial charge in [0, 0.05) is 26.2 Å². The minimum absolute atomic E-state index is 0.0471. The number of ether oxygens (including phenoxy) is 6. The van der Waals surface area contributed by atoms with Crippen molar-refractivity contribution in [3.05, 3.63) is 12.2 Å². The molecule has 0 spiro atoms. The Bertz CT molecular complexity index is 382. The largest absolute Gasteiger partial charge is 0.464 e. The minimum atomic E-state index is -1.03. The van der Waals surface area contributed by atoms with Crippen molar-refractivity contribution in [3.63, 3.8) is 0 Å². The van der Waals surface area contributed by atoms with Crippen molar-refractivity contribution in [2.75, 3.05) is 41.0 Å². The van der Waals surface area contributed by atoms with Crippen LogP contribution < -0.4 is 0 Å². The van der Waals surface area contributed by atoms with Gasteiger partial charge in [-0.1, -0.05) is 13.0 Å². The van der Waals surface area contributed by atoms with Gasteiger partial charge in [-0.15, -0.1) is 0 Å². The highest BCUT2D eigenvalue weighted by Crippen LogP contribution is 2.18. The Hall–Kier alpha value is -1.48. The number of carbonyl (C=O) groups is 2. The van der Waals surface area contributed by atoms with Crippen molar-refractivity contribution in [2.24, 2.45) is 5.92 Å². The molecule has 0 aliphatic carbocycles. The Labute approximate surface area is 143 Å². The first-order valence-corrected chi connectivity index (χ1v) is 7.74. The van der Waals surface area contributed by atoms with Crippen molar-refractivity contribution in [2.45, 2.75) is 33.0 Å². The van der Waals surface area contributed by atoms with Gasteiger partial charge in [-0.2, -0.15) is 0 Å². The third kappa shape index (κ3) is 8.97. The zero-order valence-corrected chi connectivity index (χ0v) is 15.0. The summed E-state index contributed by atoms with van der Waals surface area (Å²) in [4.78, 5) is 23.6. The van der Waals surface area contributed by atoms with Gasteiger partial charge in [0.05, 0.1) is 13.2 Å². The summed E-state index contributed by atoms with van der Waals surface area (Å²) < 4.78 is 30.6. The molecule has 0 aromatic heterocycles. The summed E-state index contributed by atoms with van der Waals surface area (Å²) in [5.41, 5.74) is 0. The average molecular weight is 348 g/mol. The Morgan fingerprint density at radius 1 is 0.958 bits per heavy atom. The molecule has 0 radical (unpaired) electrons. The molecular weight excluding hydrogens is 320 g/mol. The molecular formula is C16H28O8. The van der Waals surface area contributed by atoms with E-state index in [4.69, 9.17) is 28.4 Å². The maximum Gasteiger partial charge on any atom is 0.338 e. The van der Waals surface area contributed by atoms with Crippen molar-refractivity contribution >= 4 is 11.9 Å². The fourth-order valence-electron chi connectivity index (χ4n) is 1.85. The summed E-state index contributed by atoms with van der Waals surface area (Å²) in [7, 11) is 2.91. The lowest BCUT2D eigenvalue weighted by Gasteiger charge is -2.28. The Kier molecular flexibility index (Phi) is 13.1. The Morgan fingerprint density at radius 3 is 2.08 bits per heavy atom. The van der Waals surface area contributed by atoms with Crippen molar-refractivity contribution in [3.8, 4) is 0 Å². The molecule has 3 atom stereocenters. The highest BCUT2D eigenvalue weighted by atomic mass is 16.7. The average Bonchev–Trinajstić information content (AvgIpc) is 2.56. The lowest BCUT2D eigenvalue weighted by atomic mass is 9.98. The standard InChI is InChI=1S/C16H28O8/c1-6-21-13(17)9-8-12(3)14(23-10-19-4)15(24-11-20-5)16(18)22-7-2/h8-9,12,14-15H,6-7,10-11H2,1-5H3/b9-8+/t12-,14+,15-/m0/s1. The van der Waals surface area contributed by atoms with Crippen LogP contribution in [0, 0.1) is 5.92 Å². The molecule has 0 bridgehead atoms. The van der Waals surface area contributed by atoms with Gasteiger partial charge < -0.3 is 28.4 Å². The third-order valence-corrected chi connectivity index (χ3v) is 2.90. The summed E-state index contributed by atoms with van der Waals surface area (Å²) in [6, 6.07) is 0. The molecule has 8 heteroatoms. The van der Waals surface area contributed by atoms with Crippen LogP contribution in [0.4, 0.5) is 0 Å². The quantitative estimate of drug-likeness (QED) is 0.279. The summed E-state index contributed by atoms with van der Waals surface area (Å²) in [6.45, 7) is 5.52. The summed E-state index contributed by atoms with van der Waals surface area (Å²) in [5.74, 6) is -1.40. The monoisotopic (exact) mass is 348 g/mol. The first-order chi connectivity index (χ1) is 11.5. The molecule has 24 heavy (non-hydrogen) atoms. The van der Waals surface area contributed by atoms with Gasteiger partial charge in [0.25, 0.3) is 0 Å². The van der Waals surface area contributed by atoms with E-state index < -0.39 is 24.1 Å². The smallest absolute Gasteiger partial charge is 0.338 e. The molecule has 0 unspecified atom stereocenters. The first-order valence-electron chi connectivity index (χ1n) is 7.74. The fourth-order valence-corrected chi connectivity index (χ4v) is 1.85. The lowest BCUT2D eigenvalue weighted by molar-refractivity contribution is -0.193. The van der Waals surface area contributed by atoms with E-state index in [0.29, 0.717) is 0 Å². The van der Waals surface area contributed by atoms with E-state index >= 15 is 0 Å². The van der Waals surface area contributed by atoms with Gasteiger partial charge in [-0.05, 0) is 13.8 Å². The molecule has 0 aromatic rings. The van der Waals surface area contributed by atoms with Crippen LogP contribution in [0.15, 0.2) is 12.2 Å². The van der Waals surface area contributed by atoms with E-state index in [1.807, 2.05) is 0 Å². The second-order valence-electron chi connectivity index (χ2n) is 4.75. The van der Waals surface area contributed by atoms with Gasteiger partial charge in [0.15, 0.2) is 6.10 Å². The van der Waals surface area contributed by atoms with Gasteiger partial charge in [0.1, 0.15) is 19.7 Å². The second-order valence-corrected chi connectivity index (χ2v) is 4.75. The van der Waals surface area contributed by atoms with Crippen LogP contribution in [0.2, 0.25) is 0 Å².